The molecule has 2 aromatic heterocycles. The van der Waals surface area contributed by atoms with Crippen LogP contribution in [0.3, 0.4) is 0 Å². The number of anilines is 2. The summed E-state index contributed by atoms with van der Waals surface area (Å²) < 4.78 is 1.85. The summed E-state index contributed by atoms with van der Waals surface area (Å²) in [5, 5.41) is 10.8. The van der Waals surface area contributed by atoms with Gasteiger partial charge in [-0.2, -0.15) is 4.52 Å². The molecule has 0 aliphatic carbocycles. The van der Waals surface area contributed by atoms with Crippen LogP contribution in [0, 0.1) is 6.92 Å². The van der Waals surface area contributed by atoms with Crippen molar-refractivity contribution in [3.63, 3.8) is 0 Å². The van der Waals surface area contributed by atoms with Gasteiger partial charge in [0, 0.05) is 47.8 Å². The van der Waals surface area contributed by atoms with E-state index >= 15 is 0 Å². The molecule has 0 spiro atoms. The molecular weight excluding hydrogens is 432 g/mol. The molecule has 0 unspecified atom stereocenters. The van der Waals surface area contributed by atoms with Crippen molar-refractivity contribution in [2.24, 2.45) is 0 Å². The first kappa shape index (κ1) is 20.0. The van der Waals surface area contributed by atoms with E-state index in [0.29, 0.717) is 0 Å². The standard InChI is InChI=1S/C26H23ClN6/c1-18-11-12-20(27)17-23(18)31-13-15-32(16-14-31)25-21-9-5-6-10-22(21)33-26(28-25)24(29-30-33)19-7-3-2-4-8-19/h2-12,17H,13-16H2,1H3. The fourth-order valence-corrected chi connectivity index (χ4v) is 4.82. The minimum absolute atomic E-state index is 0.776. The van der Waals surface area contributed by atoms with Crippen molar-refractivity contribution >= 4 is 39.7 Å². The van der Waals surface area contributed by atoms with E-state index in [1.54, 1.807) is 0 Å². The Labute approximate surface area is 197 Å². The maximum atomic E-state index is 6.27. The molecule has 0 N–H and O–H groups in total. The van der Waals surface area contributed by atoms with Gasteiger partial charge in [-0.15, -0.1) is 5.10 Å². The van der Waals surface area contributed by atoms with E-state index in [1.807, 2.05) is 47.0 Å². The molecule has 1 fully saturated rings. The maximum Gasteiger partial charge on any atom is 0.186 e. The Morgan fingerprint density at radius 2 is 1.55 bits per heavy atom. The van der Waals surface area contributed by atoms with Gasteiger partial charge >= 0.3 is 0 Å². The highest BCUT2D eigenvalue weighted by Gasteiger charge is 2.23. The van der Waals surface area contributed by atoms with E-state index in [4.69, 9.17) is 16.6 Å². The van der Waals surface area contributed by atoms with E-state index in [1.165, 1.54) is 11.3 Å². The van der Waals surface area contributed by atoms with Gasteiger partial charge in [0.05, 0.1) is 5.52 Å². The van der Waals surface area contributed by atoms with Crippen LogP contribution in [0.5, 0.6) is 0 Å². The zero-order valence-corrected chi connectivity index (χ0v) is 19.1. The van der Waals surface area contributed by atoms with Crippen LogP contribution in [-0.4, -0.2) is 46.0 Å². The third-order valence-corrected chi connectivity index (χ3v) is 6.60. The number of rotatable bonds is 3. The molecule has 6 rings (SSSR count). The monoisotopic (exact) mass is 454 g/mol. The van der Waals surface area contributed by atoms with Crippen LogP contribution in [0.4, 0.5) is 11.5 Å². The first-order chi connectivity index (χ1) is 16.2. The van der Waals surface area contributed by atoms with Crippen LogP contribution in [0.2, 0.25) is 5.02 Å². The number of piperazine rings is 1. The normalized spacial score (nSPS) is 14.4. The van der Waals surface area contributed by atoms with Gasteiger partial charge in [-0.05, 0) is 36.8 Å². The molecule has 0 bridgehead atoms. The van der Waals surface area contributed by atoms with Crippen LogP contribution in [0.1, 0.15) is 5.56 Å². The van der Waals surface area contributed by atoms with Gasteiger partial charge in [0.15, 0.2) is 5.65 Å². The Morgan fingerprint density at radius 3 is 2.36 bits per heavy atom. The van der Waals surface area contributed by atoms with Crippen molar-refractivity contribution in [2.75, 3.05) is 36.0 Å². The highest BCUT2D eigenvalue weighted by molar-refractivity contribution is 6.30. The molecule has 0 radical (unpaired) electrons. The minimum atomic E-state index is 0.776. The van der Waals surface area contributed by atoms with Crippen molar-refractivity contribution in [3.8, 4) is 11.3 Å². The lowest BCUT2D eigenvalue weighted by molar-refractivity contribution is 0.648. The summed E-state index contributed by atoms with van der Waals surface area (Å²) in [5.74, 6) is 0.986. The lowest BCUT2D eigenvalue weighted by atomic mass is 10.1. The number of halogens is 1. The SMILES string of the molecule is Cc1ccc(Cl)cc1N1CCN(c2nc3c(-c4ccccc4)nnn3c3ccccc23)CC1. The molecule has 0 amide bonds. The van der Waals surface area contributed by atoms with E-state index in [0.717, 1.165) is 64.8 Å². The number of aryl methyl sites for hydroxylation is 1. The molecule has 6 nitrogen and oxygen atoms in total. The highest BCUT2D eigenvalue weighted by Crippen LogP contribution is 2.31. The van der Waals surface area contributed by atoms with Crippen molar-refractivity contribution in [3.05, 3.63) is 83.4 Å². The molecule has 5 aromatic rings. The van der Waals surface area contributed by atoms with Gasteiger partial charge in [0.25, 0.3) is 0 Å². The molecule has 164 valence electrons. The Hall–Kier alpha value is -3.64. The quantitative estimate of drug-likeness (QED) is 0.373. The fourth-order valence-electron chi connectivity index (χ4n) is 4.65. The average Bonchev–Trinajstić information content (AvgIpc) is 3.30. The number of hydrogen-bond acceptors (Lipinski definition) is 5. The third-order valence-electron chi connectivity index (χ3n) is 6.37. The number of para-hydroxylation sites is 1. The van der Waals surface area contributed by atoms with E-state index < -0.39 is 0 Å². The van der Waals surface area contributed by atoms with Gasteiger partial charge in [-0.3, -0.25) is 0 Å². The molecule has 0 saturated carbocycles. The topological polar surface area (TPSA) is 49.6 Å². The predicted octanol–water partition coefficient (Wildman–Crippen LogP) is 5.23. The molecule has 0 atom stereocenters. The zero-order valence-electron chi connectivity index (χ0n) is 18.3. The molecule has 1 aliphatic heterocycles. The molecule has 3 aromatic carbocycles. The second kappa shape index (κ2) is 8.05. The summed E-state index contributed by atoms with van der Waals surface area (Å²) in [6, 6.07) is 24.5. The molecule has 33 heavy (non-hydrogen) atoms. The van der Waals surface area contributed by atoms with Crippen LogP contribution in [0.25, 0.3) is 27.8 Å². The Bertz CT molecular complexity index is 1450. The maximum absolute atomic E-state index is 6.27. The van der Waals surface area contributed by atoms with Crippen LogP contribution >= 0.6 is 11.6 Å². The van der Waals surface area contributed by atoms with Gasteiger partial charge in [-0.1, -0.05) is 65.3 Å². The molecule has 1 saturated heterocycles. The minimum Gasteiger partial charge on any atom is -0.368 e. The highest BCUT2D eigenvalue weighted by atomic mass is 35.5. The summed E-state index contributed by atoms with van der Waals surface area (Å²) in [6.45, 7) is 5.71. The van der Waals surface area contributed by atoms with Crippen molar-refractivity contribution < 1.29 is 0 Å². The first-order valence-electron chi connectivity index (χ1n) is 11.1. The molecule has 1 aliphatic rings. The summed E-state index contributed by atoms with van der Waals surface area (Å²) in [6.07, 6.45) is 0. The van der Waals surface area contributed by atoms with Gasteiger partial charge in [0.2, 0.25) is 0 Å². The Balaban J connectivity index is 1.40. The van der Waals surface area contributed by atoms with Gasteiger partial charge < -0.3 is 9.80 Å². The fraction of sp³-hybridized carbons (Fsp3) is 0.192. The van der Waals surface area contributed by atoms with E-state index in [9.17, 15) is 0 Å². The van der Waals surface area contributed by atoms with Crippen molar-refractivity contribution in [1.29, 1.82) is 0 Å². The van der Waals surface area contributed by atoms with Crippen molar-refractivity contribution in [1.82, 2.24) is 19.8 Å². The Kier molecular flexibility index (Phi) is 4.88. The van der Waals surface area contributed by atoms with Crippen LogP contribution in [0.15, 0.2) is 72.8 Å². The summed E-state index contributed by atoms with van der Waals surface area (Å²) >= 11 is 6.27. The lowest BCUT2D eigenvalue weighted by Crippen LogP contribution is -2.47. The van der Waals surface area contributed by atoms with E-state index in [-0.39, 0.29) is 0 Å². The summed E-state index contributed by atoms with van der Waals surface area (Å²) in [4.78, 5) is 9.90. The Morgan fingerprint density at radius 1 is 0.818 bits per heavy atom. The molecule has 3 heterocycles. The van der Waals surface area contributed by atoms with Gasteiger partial charge in [-0.25, -0.2) is 4.98 Å². The zero-order chi connectivity index (χ0) is 22.4. The van der Waals surface area contributed by atoms with Crippen LogP contribution in [-0.2, 0) is 0 Å². The number of aromatic nitrogens is 4. The smallest absolute Gasteiger partial charge is 0.186 e. The third kappa shape index (κ3) is 3.47. The number of fused-ring (bicyclic) bond motifs is 3. The predicted molar refractivity (Wildman–Crippen MR) is 134 cm³/mol. The van der Waals surface area contributed by atoms with Crippen LogP contribution < -0.4 is 9.80 Å². The summed E-state index contributed by atoms with van der Waals surface area (Å²) in [5.41, 5.74) is 6.07. The largest absolute Gasteiger partial charge is 0.368 e. The average molecular weight is 455 g/mol. The molecule has 7 heteroatoms. The van der Waals surface area contributed by atoms with Crippen molar-refractivity contribution in [2.45, 2.75) is 6.92 Å². The molecular formula is C26H23ClN6. The lowest BCUT2D eigenvalue weighted by Gasteiger charge is -2.37. The van der Waals surface area contributed by atoms with E-state index in [2.05, 4.69) is 57.4 Å². The first-order valence-corrected chi connectivity index (χ1v) is 11.5. The number of benzene rings is 3. The number of hydrogen-bond donors (Lipinski definition) is 0. The second-order valence-electron chi connectivity index (χ2n) is 8.40. The van der Waals surface area contributed by atoms with Gasteiger partial charge in [0.1, 0.15) is 11.5 Å². The summed E-state index contributed by atoms with van der Waals surface area (Å²) in [7, 11) is 0. The number of nitrogens with zero attached hydrogens (tertiary/aromatic N) is 6. The second-order valence-corrected chi connectivity index (χ2v) is 8.83.